The molecule has 0 saturated carbocycles. The van der Waals surface area contributed by atoms with Gasteiger partial charge in [0.1, 0.15) is 11.6 Å². The van der Waals surface area contributed by atoms with E-state index in [4.69, 9.17) is 16.6 Å². The summed E-state index contributed by atoms with van der Waals surface area (Å²) in [6, 6.07) is 12.4. The van der Waals surface area contributed by atoms with Gasteiger partial charge in [-0.15, -0.1) is 0 Å². The molecule has 4 rings (SSSR count). The standard InChI is InChI=1S/C20H20ClFN4O/c1-24-17-8-3-2-7-16(17)23-18(24)13-25-9-11-26(12-10-25)20(27)19-14(21)5-4-6-15(19)22/h2-8H,9-13H2,1H3. The van der Waals surface area contributed by atoms with Gasteiger partial charge < -0.3 is 9.47 Å². The van der Waals surface area contributed by atoms with Gasteiger partial charge in [0.2, 0.25) is 0 Å². The zero-order valence-electron chi connectivity index (χ0n) is 15.0. The molecule has 2 aromatic carbocycles. The van der Waals surface area contributed by atoms with Gasteiger partial charge in [0.05, 0.1) is 28.2 Å². The van der Waals surface area contributed by atoms with Crippen molar-refractivity contribution in [3.8, 4) is 0 Å². The molecule has 0 atom stereocenters. The van der Waals surface area contributed by atoms with Crippen LogP contribution in [0, 0.1) is 5.82 Å². The van der Waals surface area contributed by atoms with Gasteiger partial charge in [-0.05, 0) is 24.3 Å². The van der Waals surface area contributed by atoms with Crippen LogP contribution in [0.4, 0.5) is 4.39 Å². The van der Waals surface area contributed by atoms with Crippen LogP contribution in [0.15, 0.2) is 42.5 Å². The number of benzene rings is 2. The lowest BCUT2D eigenvalue weighted by Gasteiger charge is -2.34. The van der Waals surface area contributed by atoms with E-state index in [1.807, 2.05) is 25.2 Å². The van der Waals surface area contributed by atoms with Crippen molar-refractivity contribution < 1.29 is 9.18 Å². The summed E-state index contributed by atoms with van der Waals surface area (Å²) in [6.45, 7) is 3.20. The fourth-order valence-electron chi connectivity index (χ4n) is 3.51. The Balaban J connectivity index is 1.43. The van der Waals surface area contributed by atoms with Crippen LogP contribution < -0.4 is 0 Å². The fourth-order valence-corrected chi connectivity index (χ4v) is 3.75. The third-order valence-electron chi connectivity index (χ3n) is 5.08. The largest absolute Gasteiger partial charge is 0.336 e. The first-order valence-electron chi connectivity index (χ1n) is 8.90. The fraction of sp³-hybridized carbons (Fsp3) is 0.300. The average molecular weight is 387 g/mol. The maximum atomic E-state index is 14.0. The molecule has 140 valence electrons. The van der Waals surface area contributed by atoms with Crippen LogP contribution in [0.2, 0.25) is 5.02 Å². The van der Waals surface area contributed by atoms with E-state index >= 15 is 0 Å². The Morgan fingerprint density at radius 3 is 2.56 bits per heavy atom. The Morgan fingerprint density at radius 2 is 1.85 bits per heavy atom. The lowest BCUT2D eigenvalue weighted by atomic mass is 10.1. The number of rotatable bonds is 3. The SMILES string of the molecule is Cn1c(CN2CCN(C(=O)c3c(F)cccc3Cl)CC2)nc2ccccc21. The Hall–Kier alpha value is -2.44. The maximum absolute atomic E-state index is 14.0. The summed E-state index contributed by atoms with van der Waals surface area (Å²) in [5.41, 5.74) is 2.05. The van der Waals surface area contributed by atoms with Crippen LogP contribution >= 0.6 is 11.6 Å². The molecule has 1 fully saturated rings. The molecule has 1 aliphatic heterocycles. The van der Waals surface area contributed by atoms with Gasteiger partial charge in [-0.1, -0.05) is 29.8 Å². The third kappa shape index (κ3) is 3.42. The molecule has 1 saturated heterocycles. The quantitative estimate of drug-likeness (QED) is 0.693. The molecule has 1 aliphatic rings. The van der Waals surface area contributed by atoms with Crippen molar-refractivity contribution in [1.29, 1.82) is 0 Å². The number of hydrogen-bond acceptors (Lipinski definition) is 3. The molecule has 0 spiro atoms. The van der Waals surface area contributed by atoms with Gasteiger partial charge in [0.25, 0.3) is 5.91 Å². The highest BCUT2D eigenvalue weighted by molar-refractivity contribution is 6.33. The highest BCUT2D eigenvalue weighted by Gasteiger charge is 2.26. The number of fused-ring (bicyclic) bond motifs is 1. The molecule has 3 aromatic rings. The minimum atomic E-state index is -0.574. The van der Waals surface area contributed by atoms with Gasteiger partial charge >= 0.3 is 0 Å². The predicted octanol–water partition coefficient (Wildman–Crippen LogP) is 3.32. The van der Waals surface area contributed by atoms with Gasteiger partial charge in [0.15, 0.2) is 0 Å². The summed E-state index contributed by atoms with van der Waals surface area (Å²) < 4.78 is 16.1. The molecule has 1 amide bonds. The van der Waals surface area contributed by atoms with Crippen molar-refractivity contribution >= 4 is 28.5 Å². The summed E-state index contributed by atoms with van der Waals surface area (Å²) >= 11 is 6.03. The van der Waals surface area contributed by atoms with E-state index in [-0.39, 0.29) is 16.5 Å². The number of para-hydroxylation sites is 2. The molecular formula is C20H20ClFN4O. The summed E-state index contributed by atoms with van der Waals surface area (Å²) in [5, 5.41) is 0.155. The minimum Gasteiger partial charge on any atom is -0.336 e. The first kappa shape index (κ1) is 17.9. The minimum absolute atomic E-state index is 0.0389. The van der Waals surface area contributed by atoms with Crippen LogP contribution in [0.1, 0.15) is 16.2 Å². The highest BCUT2D eigenvalue weighted by atomic mass is 35.5. The van der Waals surface area contributed by atoms with Crippen molar-refractivity contribution in [2.75, 3.05) is 26.2 Å². The normalized spacial score (nSPS) is 15.4. The second kappa shape index (κ2) is 7.29. The van der Waals surface area contributed by atoms with Crippen molar-refractivity contribution in [2.45, 2.75) is 6.54 Å². The molecule has 0 radical (unpaired) electrons. The van der Waals surface area contributed by atoms with E-state index in [9.17, 15) is 9.18 Å². The molecule has 7 heteroatoms. The Labute approximate surface area is 162 Å². The second-order valence-corrected chi connectivity index (χ2v) is 7.15. The van der Waals surface area contributed by atoms with E-state index in [1.54, 1.807) is 11.0 Å². The van der Waals surface area contributed by atoms with E-state index in [0.717, 1.165) is 16.9 Å². The smallest absolute Gasteiger partial charge is 0.258 e. The zero-order valence-corrected chi connectivity index (χ0v) is 15.8. The number of aryl methyl sites for hydroxylation is 1. The topological polar surface area (TPSA) is 41.4 Å². The number of aromatic nitrogens is 2. The number of carbonyl (C=O) groups excluding carboxylic acids is 1. The van der Waals surface area contributed by atoms with Crippen molar-refractivity contribution in [1.82, 2.24) is 19.4 Å². The Morgan fingerprint density at radius 1 is 1.11 bits per heavy atom. The Bertz CT molecular complexity index is 975. The summed E-state index contributed by atoms with van der Waals surface area (Å²) in [4.78, 5) is 21.3. The lowest BCUT2D eigenvalue weighted by molar-refractivity contribution is 0.0620. The first-order chi connectivity index (χ1) is 13.0. The number of halogens is 2. The highest BCUT2D eigenvalue weighted by Crippen LogP contribution is 2.22. The molecular weight excluding hydrogens is 367 g/mol. The van der Waals surface area contributed by atoms with Crippen molar-refractivity contribution in [2.24, 2.45) is 7.05 Å². The van der Waals surface area contributed by atoms with E-state index in [1.165, 1.54) is 12.1 Å². The van der Waals surface area contributed by atoms with Crippen LogP contribution in [-0.4, -0.2) is 51.4 Å². The van der Waals surface area contributed by atoms with Gasteiger partial charge in [-0.2, -0.15) is 0 Å². The molecule has 1 aromatic heterocycles. The van der Waals surface area contributed by atoms with Gasteiger partial charge in [-0.25, -0.2) is 9.37 Å². The number of hydrogen-bond donors (Lipinski definition) is 0. The van der Waals surface area contributed by atoms with Gasteiger partial charge in [-0.3, -0.25) is 9.69 Å². The van der Waals surface area contributed by atoms with E-state index in [2.05, 4.69) is 15.5 Å². The molecule has 2 heterocycles. The van der Waals surface area contributed by atoms with Crippen molar-refractivity contribution in [3.63, 3.8) is 0 Å². The average Bonchev–Trinajstić information content (AvgIpc) is 2.98. The number of amides is 1. The second-order valence-electron chi connectivity index (χ2n) is 6.74. The monoisotopic (exact) mass is 386 g/mol. The summed E-state index contributed by atoms with van der Waals surface area (Å²) in [7, 11) is 2.02. The predicted molar refractivity (Wildman–Crippen MR) is 103 cm³/mol. The lowest BCUT2D eigenvalue weighted by Crippen LogP contribution is -2.48. The number of carbonyl (C=O) groups is 1. The van der Waals surface area contributed by atoms with E-state index in [0.29, 0.717) is 32.7 Å². The zero-order chi connectivity index (χ0) is 19.0. The van der Waals surface area contributed by atoms with Crippen molar-refractivity contribution in [3.05, 3.63) is 64.7 Å². The van der Waals surface area contributed by atoms with Crippen LogP contribution in [-0.2, 0) is 13.6 Å². The number of nitrogens with zero attached hydrogens (tertiary/aromatic N) is 4. The molecule has 27 heavy (non-hydrogen) atoms. The van der Waals surface area contributed by atoms with Crippen LogP contribution in [0.3, 0.4) is 0 Å². The van der Waals surface area contributed by atoms with E-state index < -0.39 is 5.82 Å². The van der Waals surface area contributed by atoms with Crippen LogP contribution in [0.5, 0.6) is 0 Å². The molecule has 0 unspecified atom stereocenters. The first-order valence-corrected chi connectivity index (χ1v) is 9.28. The maximum Gasteiger partial charge on any atom is 0.258 e. The number of imidazole rings is 1. The van der Waals surface area contributed by atoms with Crippen LogP contribution in [0.25, 0.3) is 11.0 Å². The molecule has 5 nitrogen and oxygen atoms in total. The molecule has 0 bridgehead atoms. The molecule has 0 aliphatic carbocycles. The number of piperazine rings is 1. The van der Waals surface area contributed by atoms with Gasteiger partial charge in [0, 0.05) is 33.2 Å². The summed E-state index contributed by atoms with van der Waals surface area (Å²) in [5.74, 6) is 0.0724. The Kier molecular flexibility index (Phi) is 4.85. The molecule has 0 N–H and O–H groups in total. The third-order valence-corrected chi connectivity index (χ3v) is 5.40. The summed E-state index contributed by atoms with van der Waals surface area (Å²) in [6.07, 6.45) is 0.